The Balaban J connectivity index is 1.70. The van der Waals surface area contributed by atoms with Gasteiger partial charge in [-0.2, -0.15) is 0 Å². The molecule has 1 aliphatic heterocycles. The lowest BCUT2D eigenvalue weighted by Gasteiger charge is -2.34. The van der Waals surface area contributed by atoms with Gasteiger partial charge >= 0.3 is 0 Å². The van der Waals surface area contributed by atoms with Gasteiger partial charge in [-0.15, -0.1) is 0 Å². The van der Waals surface area contributed by atoms with Gasteiger partial charge in [0.1, 0.15) is 5.82 Å². The normalized spacial score (nSPS) is 15.0. The van der Waals surface area contributed by atoms with Crippen molar-refractivity contribution in [2.24, 2.45) is 0 Å². The van der Waals surface area contributed by atoms with Gasteiger partial charge in [0.2, 0.25) is 5.95 Å². The van der Waals surface area contributed by atoms with Crippen LogP contribution >= 0.6 is 11.6 Å². The predicted octanol–water partition coefficient (Wildman–Crippen LogP) is 2.01. The van der Waals surface area contributed by atoms with Crippen molar-refractivity contribution in [1.29, 1.82) is 0 Å². The van der Waals surface area contributed by atoms with E-state index in [-0.39, 0.29) is 17.5 Å². The predicted molar refractivity (Wildman–Crippen MR) is 91.3 cm³/mol. The highest BCUT2D eigenvalue weighted by Gasteiger charge is 2.26. The van der Waals surface area contributed by atoms with Gasteiger partial charge in [-0.3, -0.25) is 4.79 Å². The zero-order valence-electron chi connectivity index (χ0n) is 13.7. The summed E-state index contributed by atoms with van der Waals surface area (Å²) in [5.74, 6) is 1.30. The Bertz CT molecular complexity index is 716. The highest BCUT2D eigenvalue weighted by molar-refractivity contribution is 6.33. The molecule has 8 heteroatoms. The summed E-state index contributed by atoms with van der Waals surface area (Å²) in [6.45, 7) is 6.47. The first-order valence-electron chi connectivity index (χ1n) is 7.90. The topological polar surface area (TPSA) is 75.1 Å². The monoisotopic (exact) mass is 346 g/mol. The summed E-state index contributed by atoms with van der Waals surface area (Å²) in [5.41, 5.74) is 0.278. The molecule has 0 radical (unpaired) electrons. The van der Waals surface area contributed by atoms with Gasteiger partial charge in [0, 0.05) is 44.5 Å². The van der Waals surface area contributed by atoms with Crippen LogP contribution in [0.3, 0.4) is 0 Å². The SMILES string of the molecule is CC(C)c1ncc(Cl)c(C(=O)N2CCN(c3ncccn3)CC2)n1. The summed E-state index contributed by atoms with van der Waals surface area (Å²) in [5, 5.41) is 0.290. The van der Waals surface area contributed by atoms with Crippen molar-refractivity contribution in [2.75, 3.05) is 31.1 Å². The first-order chi connectivity index (χ1) is 11.6. The maximum absolute atomic E-state index is 12.7. The molecule has 1 amide bonds. The quantitative estimate of drug-likeness (QED) is 0.846. The number of halogens is 1. The van der Waals surface area contributed by atoms with Crippen LogP contribution in [0, 0.1) is 0 Å². The van der Waals surface area contributed by atoms with Crippen LogP contribution in [-0.2, 0) is 0 Å². The van der Waals surface area contributed by atoms with E-state index in [9.17, 15) is 4.79 Å². The van der Waals surface area contributed by atoms with E-state index in [1.165, 1.54) is 6.20 Å². The van der Waals surface area contributed by atoms with E-state index in [1.54, 1.807) is 23.4 Å². The van der Waals surface area contributed by atoms with E-state index in [0.717, 1.165) is 0 Å². The Morgan fingerprint density at radius 3 is 2.42 bits per heavy atom. The van der Waals surface area contributed by atoms with Crippen LogP contribution in [0.1, 0.15) is 36.1 Å². The summed E-state index contributed by atoms with van der Waals surface area (Å²) in [4.78, 5) is 33.6. The number of aromatic nitrogens is 4. The molecular formula is C16H19ClN6O. The van der Waals surface area contributed by atoms with Crippen molar-refractivity contribution in [3.63, 3.8) is 0 Å². The van der Waals surface area contributed by atoms with Gasteiger partial charge in [0.05, 0.1) is 11.2 Å². The van der Waals surface area contributed by atoms with Gasteiger partial charge in [-0.25, -0.2) is 19.9 Å². The van der Waals surface area contributed by atoms with Crippen LogP contribution in [0.5, 0.6) is 0 Å². The number of carbonyl (C=O) groups excluding carboxylic acids is 1. The maximum atomic E-state index is 12.7. The average molecular weight is 347 g/mol. The van der Waals surface area contributed by atoms with Crippen molar-refractivity contribution in [2.45, 2.75) is 19.8 Å². The molecule has 0 spiro atoms. The lowest BCUT2D eigenvalue weighted by Crippen LogP contribution is -2.49. The van der Waals surface area contributed by atoms with Gasteiger partial charge < -0.3 is 9.80 Å². The lowest BCUT2D eigenvalue weighted by atomic mass is 10.2. The van der Waals surface area contributed by atoms with Crippen molar-refractivity contribution in [3.05, 3.63) is 41.2 Å². The molecule has 0 saturated carbocycles. The highest BCUT2D eigenvalue weighted by atomic mass is 35.5. The largest absolute Gasteiger partial charge is 0.337 e. The average Bonchev–Trinajstić information content (AvgIpc) is 2.62. The van der Waals surface area contributed by atoms with Crippen LogP contribution in [0.4, 0.5) is 5.95 Å². The van der Waals surface area contributed by atoms with Crippen LogP contribution in [0.2, 0.25) is 5.02 Å². The summed E-state index contributed by atoms with van der Waals surface area (Å²) in [6.07, 6.45) is 4.94. The summed E-state index contributed by atoms with van der Waals surface area (Å²) in [6, 6.07) is 1.78. The Kier molecular flexibility index (Phi) is 4.89. The second-order valence-electron chi connectivity index (χ2n) is 5.91. The zero-order chi connectivity index (χ0) is 17.1. The van der Waals surface area contributed by atoms with Gasteiger partial charge in [-0.05, 0) is 6.07 Å². The Morgan fingerprint density at radius 2 is 1.79 bits per heavy atom. The van der Waals surface area contributed by atoms with Crippen LogP contribution in [0.15, 0.2) is 24.7 Å². The molecule has 0 bridgehead atoms. The zero-order valence-corrected chi connectivity index (χ0v) is 14.4. The molecule has 2 aromatic rings. The molecule has 0 N–H and O–H groups in total. The van der Waals surface area contributed by atoms with Crippen molar-refractivity contribution >= 4 is 23.5 Å². The second-order valence-corrected chi connectivity index (χ2v) is 6.31. The Hall–Kier alpha value is -2.28. The van der Waals surface area contributed by atoms with Crippen LogP contribution in [-0.4, -0.2) is 56.9 Å². The molecule has 2 aromatic heterocycles. The fourth-order valence-corrected chi connectivity index (χ4v) is 2.69. The number of hydrogen-bond acceptors (Lipinski definition) is 6. The molecule has 0 atom stereocenters. The molecule has 1 saturated heterocycles. The number of hydrogen-bond donors (Lipinski definition) is 0. The van der Waals surface area contributed by atoms with Crippen molar-refractivity contribution in [3.8, 4) is 0 Å². The van der Waals surface area contributed by atoms with Crippen LogP contribution in [0.25, 0.3) is 0 Å². The minimum Gasteiger partial charge on any atom is -0.337 e. The highest BCUT2D eigenvalue weighted by Crippen LogP contribution is 2.19. The first-order valence-corrected chi connectivity index (χ1v) is 8.27. The third kappa shape index (κ3) is 3.46. The van der Waals surface area contributed by atoms with E-state index < -0.39 is 0 Å². The lowest BCUT2D eigenvalue weighted by molar-refractivity contribution is 0.0740. The molecule has 3 rings (SSSR count). The molecule has 0 unspecified atom stereocenters. The fourth-order valence-electron chi connectivity index (χ4n) is 2.52. The van der Waals surface area contributed by atoms with E-state index in [1.807, 2.05) is 13.8 Å². The number of anilines is 1. The van der Waals surface area contributed by atoms with E-state index in [0.29, 0.717) is 43.0 Å². The van der Waals surface area contributed by atoms with Crippen molar-refractivity contribution < 1.29 is 4.79 Å². The number of amides is 1. The number of carbonyl (C=O) groups is 1. The van der Waals surface area contributed by atoms with E-state index in [2.05, 4.69) is 24.8 Å². The summed E-state index contributed by atoms with van der Waals surface area (Å²) < 4.78 is 0. The van der Waals surface area contributed by atoms with Gasteiger partial charge in [-0.1, -0.05) is 25.4 Å². The van der Waals surface area contributed by atoms with Crippen molar-refractivity contribution in [1.82, 2.24) is 24.8 Å². The Labute approximate surface area is 145 Å². The Morgan fingerprint density at radius 1 is 1.12 bits per heavy atom. The fraction of sp³-hybridized carbons (Fsp3) is 0.438. The summed E-state index contributed by atoms with van der Waals surface area (Å²) >= 11 is 6.14. The molecule has 7 nitrogen and oxygen atoms in total. The third-order valence-electron chi connectivity index (χ3n) is 3.88. The number of rotatable bonds is 3. The molecule has 126 valence electrons. The molecular weight excluding hydrogens is 328 g/mol. The smallest absolute Gasteiger partial charge is 0.274 e. The molecule has 0 aliphatic carbocycles. The second kappa shape index (κ2) is 7.09. The molecule has 1 aliphatic rings. The standard InChI is InChI=1S/C16H19ClN6O/c1-11(2)14-20-10-12(17)13(21-14)15(24)22-6-8-23(9-7-22)16-18-4-3-5-19-16/h3-5,10-11H,6-9H2,1-2H3. The summed E-state index contributed by atoms with van der Waals surface area (Å²) in [7, 11) is 0. The molecule has 24 heavy (non-hydrogen) atoms. The maximum Gasteiger partial charge on any atom is 0.274 e. The van der Waals surface area contributed by atoms with E-state index >= 15 is 0 Å². The number of piperazine rings is 1. The number of nitrogens with zero attached hydrogens (tertiary/aromatic N) is 6. The molecule has 0 aromatic carbocycles. The van der Waals surface area contributed by atoms with Gasteiger partial charge in [0.25, 0.3) is 5.91 Å². The minimum atomic E-state index is -0.155. The third-order valence-corrected chi connectivity index (χ3v) is 4.16. The van der Waals surface area contributed by atoms with E-state index in [4.69, 9.17) is 11.6 Å². The molecule has 1 fully saturated rings. The van der Waals surface area contributed by atoms with Crippen LogP contribution < -0.4 is 4.90 Å². The first kappa shape index (κ1) is 16.6. The molecule has 3 heterocycles. The van der Waals surface area contributed by atoms with Gasteiger partial charge in [0.15, 0.2) is 5.69 Å². The minimum absolute atomic E-state index is 0.140.